The van der Waals surface area contributed by atoms with Gasteiger partial charge in [0.1, 0.15) is 11.6 Å². The minimum atomic E-state index is -1.01. The summed E-state index contributed by atoms with van der Waals surface area (Å²) in [5.74, 6) is -1.01. The molecule has 3 N–H and O–H groups in total. The molecule has 0 aliphatic carbocycles. The summed E-state index contributed by atoms with van der Waals surface area (Å²) in [7, 11) is 0. The first-order valence-corrected chi connectivity index (χ1v) is 8.17. The summed E-state index contributed by atoms with van der Waals surface area (Å²) in [5, 5.41) is 15.2. The van der Waals surface area contributed by atoms with Crippen molar-refractivity contribution in [3.8, 4) is 0 Å². The molecular formula is C15H20BrClN2O4. The molecule has 0 aromatic heterocycles. The van der Waals surface area contributed by atoms with Gasteiger partial charge in [-0.1, -0.05) is 11.6 Å². The van der Waals surface area contributed by atoms with Gasteiger partial charge in [0.2, 0.25) is 0 Å². The first-order valence-electron chi connectivity index (χ1n) is 7.00. The number of anilines is 1. The maximum absolute atomic E-state index is 11.5. The third kappa shape index (κ3) is 7.56. The number of carboxylic acid groups (broad SMARTS) is 1. The molecule has 6 nitrogen and oxygen atoms in total. The van der Waals surface area contributed by atoms with Gasteiger partial charge >= 0.3 is 12.1 Å². The van der Waals surface area contributed by atoms with Crippen LogP contribution in [0, 0.1) is 0 Å². The van der Waals surface area contributed by atoms with E-state index in [4.69, 9.17) is 16.3 Å². The minimum Gasteiger partial charge on any atom is -0.480 e. The first-order chi connectivity index (χ1) is 10.6. The second-order valence-corrected chi connectivity index (χ2v) is 7.14. The van der Waals surface area contributed by atoms with Gasteiger partial charge in [-0.2, -0.15) is 0 Å². The largest absolute Gasteiger partial charge is 0.480 e. The Morgan fingerprint density at radius 1 is 1.39 bits per heavy atom. The summed E-state index contributed by atoms with van der Waals surface area (Å²) in [4.78, 5) is 22.8. The summed E-state index contributed by atoms with van der Waals surface area (Å²) >= 11 is 9.18. The Labute approximate surface area is 148 Å². The zero-order valence-corrected chi connectivity index (χ0v) is 15.5. The molecule has 1 rings (SSSR count). The molecule has 1 amide bonds. The first kappa shape index (κ1) is 19.6. The fourth-order valence-electron chi connectivity index (χ4n) is 1.68. The smallest absolute Gasteiger partial charge is 0.407 e. The number of nitrogens with one attached hydrogen (secondary N) is 2. The summed E-state index contributed by atoms with van der Waals surface area (Å²) in [6, 6.07) is 4.19. The quantitative estimate of drug-likeness (QED) is 0.666. The van der Waals surface area contributed by atoms with Crippen molar-refractivity contribution in [3.05, 3.63) is 27.7 Å². The lowest BCUT2D eigenvalue weighted by Gasteiger charge is -2.20. The molecule has 0 saturated carbocycles. The van der Waals surface area contributed by atoms with Gasteiger partial charge in [0.05, 0.1) is 5.02 Å². The van der Waals surface area contributed by atoms with Gasteiger partial charge < -0.3 is 20.5 Å². The van der Waals surface area contributed by atoms with Crippen LogP contribution in [0.2, 0.25) is 5.02 Å². The molecular weight excluding hydrogens is 388 g/mol. The summed E-state index contributed by atoms with van der Waals surface area (Å²) in [6.07, 6.45) is -0.370. The van der Waals surface area contributed by atoms with Gasteiger partial charge in [0, 0.05) is 16.7 Å². The number of alkyl carbamates (subject to hydrolysis) is 1. The van der Waals surface area contributed by atoms with E-state index in [2.05, 4.69) is 26.6 Å². The highest BCUT2D eigenvalue weighted by Crippen LogP contribution is 2.26. The Morgan fingerprint density at radius 2 is 2.04 bits per heavy atom. The van der Waals surface area contributed by atoms with Gasteiger partial charge in [-0.3, -0.25) is 0 Å². The highest BCUT2D eigenvalue weighted by molar-refractivity contribution is 9.10. The van der Waals surface area contributed by atoms with Gasteiger partial charge in [-0.15, -0.1) is 0 Å². The van der Waals surface area contributed by atoms with Crippen molar-refractivity contribution in [1.82, 2.24) is 5.32 Å². The van der Waals surface area contributed by atoms with E-state index in [9.17, 15) is 14.7 Å². The third-order valence-electron chi connectivity index (χ3n) is 2.66. The maximum Gasteiger partial charge on any atom is 0.407 e. The van der Waals surface area contributed by atoms with E-state index >= 15 is 0 Å². The summed E-state index contributed by atoms with van der Waals surface area (Å²) in [5.41, 5.74) is 0.0235. The molecule has 1 atom stereocenters. The molecule has 0 saturated heterocycles. The number of carbonyl (C=O) groups excluding carboxylic acids is 1. The van der Waals surface area contributed by atoms with E-state index in [1.54, 1.807) is 39.0 Å². The van der Waals surface area contributed by atoms with Crippen LogP contribution in [0.1, 0.15) is 27.2 Å². The SMILES string of the molecule is CC(C)(C)OC(=O)NCCC(Nc1ccc(Cl)c(Br)c1)C(=O)O. The molecule has 128 valence electrons. The average molecular weight is 408 g/mol. The fraction of sp³-hybridized carbons (Fsp3) is 0.467. The van der Waals surface area contributed by atoms with Crippen LogP contribution in [-0.4, -0.2) is 35.4 Å². The van der Waals surface area contributed by atoms with Crippen LogP contribution in [0.4, 0.5) is 10.5 Å². The molecule has 8 heteroatoms. The van der Waals surface area contributed by atoms with E-state index in [1.165, 1.54) is 0 Å². The van der Waals surface area contributed by atoms with Crippen molar-refractivity contribution in [1.29, 1.82) is 0 Å². The van der Waals surface area contributed by atoms with Crippen LogP contribution in [0.25, 0.3) is 0 Å². The third-order valence-corrected chi connectivity index (χ3v) is 3.87. The molecule has 0 radical (unpaired) electrons. The average Bonchev–Trinajstić information content (AvgIpc) is 2.39. The maximum atomic E-state index is 11.5. The van der Waals surface area contributed by atoms with Crippen LogP contribution in [0.5, 0.6) is 0 Å². The number of ether oxygens (including phenoxy) is 1. The predicted molar refractivity (Wildman–Crippen MR) is 93.1 cm³/mol. The topological polar surface area (TPSA) is 87.7 Å². The van der Waals surface area contributed by atoms with Crippen molar-refractivity contribution >= 4 is 45.3 Å². The van der Waals surface area contributed by atoms with E-state index in [0.29, 0.717) is 15.2 Å². The number of carboxylic acids is 1. The predicted octanol–water partition coefficient (Wildman–Crippen LogP) is 3.88. The second kappa shape index (κ2) is 8.40. The van der Waals surface area contributed by atoms with E-state index in [0.717, 1.165) is 0 Å². The number of rotatable bonds is 6. The van der Waals surface area contributed by atoms with Crippen molar-refractivity contribution in [2.45, 2.75) is 38.8 Å². The lowest BCUT2D eigenvalue weighted by Crippen LogP contribution is -2.37. The highest BCUT2D eigenvalue weighted by Gasteiger charge is 2.19. The lowest BCUT2D eigenvalue weighted by molar-refractivity contribution is -0.138. The van der Waals surface area contributed by atoms with Crippen LogP contribution >= 0.6 is 27.5 Å². The van der Waals surface area contributed by atoms with E-state index in [1.807, 2.05) is 0 Å². The number of benzene rings is 1. The number of amides is 1. The number of hydrogen-bond acceptors (Lipinski definition) is 4. The molecule has 1 aromatic rings. The Balaban J connectivity index is 2.54. The standard InChI is InChI=1S/C15H20BrClN2O4/c1-15(2,3)23-14(22)18-7-6-12(13(20)21)19-9-4-5-11(17)10(16)8-9/h4-5,8,12,19H,6-7H2,1-3H3,(H,18,22)(H,20,21). The number of carbonyl (C=O) groups is 2. The molecule has 23 heavy (non-hydrogen) atoms. The Hall–Kier alpha value is -1.47. The van der Waals surface area contributed by atoms with Gasteiger partial charge in [0.15, 0.2) is 0 Å². The number of aliphatic carboxylic acids is 1. The Kier molecular flexibility index (Phi) is 7.15. The molecule has 0 bridgehead atoms. The minimum absolute atomic E-state index is 0.174. The van der Waals surface area contributed by atoms with Crippen molar-refractivity contribution in [2.75, 3.05) is 11.9 Å². The van der Waals surface area contributed by atoms with Crippen LogP contribution < -0.4 is 10.6 Å². The Bertz CT molecular complexity index is 575. The monoisotopic (exact) mass is 406 g/mol. The van der Waals surface area contributed by atoms with Gasteiger partial charge in [-0.05, 0) is 61.3 Å². The fourth-order valence-corrected chi connectivity index (χ4v) is 2.17. The molecule has 0 aliphatic heterocycles. The summed E-state index contributed by atoms with van der Waals surface area (Å²) < 4.78 is 5.76. The van der Waals surface area contributed by atoms with Crippen molar-refractivity contribution in [3.63, 3.8) is 0 Å². The normalized spacial score (nSPS) is 12.4. The summed E-state index contributed by atoms with van der Waals surface area (Å²) in [6.45, 7) is 5.44. The molecule has 1 unspecified atom stereocenters. The number of hydrogen-bond donors (Lipinski definition) is 3. The van der Waals surface area contributed by atoms with Gasteiger partial charge in [0.25, 0.3) is 0 Å². The van der Waals surface area contributed by atoms with Crippen molar-refractivity contribution in [2.24, 2.45) is 0 Å². The molecule has 1 aromatic carbocycles. The van der Waals surface area contributed by atoms with Gasteiger partial charge in [-0.25, -0.2) is 9.59 Å². The molecule has 0 spiro atoms. The lowest BCUT2D eigenvalue weighted by atomic mass is 10.2. The Morgan fingerprint density at radius 3 is 2.57 bits per heavy atom. The zero-order chi connectivity index (χ0) is 17.6. The molecule has 0 fully saturated rings. The van der Waals surface area contributed by atoms with Crippen LogP contribution in [0.3, 0.4) is 0 Å². The number of halogens is 2. The molecule has 0 aliphatic rings. The van der Waals surface area contributed by atoms with Crippen molar-refractivity contribution < 1.29 is 19.4 Å². The van der Waals surface area contributed by atoms with E-state index in [-0.39, 0.29) is 13.0 Å². The zero-order valence-electron chi connectivity index (χ0n) is 13.2. The molecule has 0 heterocycles. The second-order valence-electron chi connectivity index (χ2n) is 5.88. The van der Waals surface area contributed by atoms with Crippen LogP contribution in [0.15, 0.2) is 22.7 Å². The van der Waals surface area contributed by atoms with E-state index < -0.39 is 23.7 Å². The highest BCUT2D eigenvalue weighted by atomic mass is 79.9. The van der Waals surface area contributed by atoms with Crippen LogP contribution in [-0.2, 0) is 9.53 Å².